The number of aromatic nitrogens is 2. The Morgan fingerprint density at radius 2 is 1.90 bits per heavy atom. The second kappa shape index (κ2) is 6.16. The van der Waals surface area contributed by atoms with E-state index in [0.717, 1.165) is 39.9 Å². The van der Waals surface area contributed by atoms with Crippen LogP contribution in [-0.4, -0.2) is 9.55 Å². The Kier molecular flexibility index (Phi) is 4.27. The first-order valence-corrected chi connectivity index (χ1v) is 7.95. The maximum absolute atomic E-state index is 12.9. The number of fused-ring (bicyclic) bond motifs is 1. The first kappa shape index (κ1) is 14.5. The fourth-order valence-electron chi connectivity index (χ4n) is 2.40. The van der Waals surface area contributed by atoms with Crippen molar-refractivity contribution < 1.29 is 4.39 Å². The molecular weight excluding hydrogens is 355 g/mol. The van der Waals surface area contributed by atoms with Gasteiger partial charge in [-0.05, 0) is 42.3 Å². The van der Waals surface area contributed by atoms with Gasteiger partial charge >= 0.3 is 0 Å². The molecule has 0 aliphatic carbocycles. The zero-order valence-electron chi connectivity index (χ0n) is 11.2. The third-order valence-electron chi connectivity index (χ3n) is 3.45. The molecule has 0 aliphatic rings. The van der Waals surface area contributed by atoms with Crippen molar-refractivity contribution in [1.29, 1.82) is 0 Å². The van der Waals surface area contributed by atoms with Gasteiger partial charge in [-0.25, -0.2) is 9.37 Å². The minimum absolute atomic E-state index is 0.210. The van der Waals surface area contributed by atoms with E-state index in [2.05, 4.69) is 25.5 Å². The lowest BCUT2D eigenvalue weighted by Gasteiger charge is -2.08. The summed E-state index contributed by atoms with van der Waals surface area (Å²) in [5.74, 6) is 1.01. The number of imidazole rings is 1. The van der Waals surface area contributed by atoms with Crippen molar-refractivity contribution >= 4 is 38.6 Å². The molecule has 108 valence electrons. The lowest BCUT2D eigenvalue weighted by Crippen LogP contribution is -2.05. The number of alkyl halides is 1. The first-order valence-electron chi connectivity index (χ1n) is 6.62. The van der Waals surface area contributed by atoms with Crippen molar-refractivity contribution in [2.45, 2.75) is 18.8 Å². The highest BCUT2D eigenvalue weighted by Gasteiger charge is 2.10. The van der Waals surface area contributed by atoms with Crippen LogP contribution in [0.15, 0.2) is 46.9 Å². The third-order valence-corrected chi connectivity index (χ3v) is 4.18. The highest BCUT2D eigenvalue weighted by Crippen LogP contribution is 2.22. The van der Waals surface area contributed by atoms with Crippen molar-refractivity contribution in [2.75, 3.05) is 0 Å². The molecule has 1 aromatic heterocycles. The van der Waals surface area contributed by atoms with Crippen molar-refractivity contribution in [3.63, 3.8) is 0 Å². The highest BCUT2D eigenvalue weighted by molar-refractivity contribution is 9.10. The van der Waals surface area contributed by atoms with E-state index in [4.69, 9.17) is 11.6 Å². The monoisotopic (exact) mass is 366 g/mol. The summed E-state index contributed by atoms with van der Waals surface area (Å²) < 4.78 is 16.1. The van der Waals surface area contributed by atoms with Crippen LogP contribution in [0.1, 0.15) is 11.4 Å². The van der Waals surface area contributed by atoms with Gasteiger partial charge in [0.25, 0.3) is 0 Å². The molecule has 0 aliphatic heterocycles. The number of aryl methyl sites for hydroxylation is 2. The molecule has 0 bridgehead atoms. The van der Waals surface area contributed by atoms with Crippen LogP contribution in [0.3, 0.4) is 0 Å². The summed E-state index contributed by atoms with van der Waals surface area (Å²) in [7, 11) is 0. The van der Waals surface area contributed by atoms with Crippen LogP contribution in [0.4, 0.5) is 4.39 Å². The molecule has 2 aromatic carbocycles. The molecule has 3 aromatic rings. The summed E-state index contributed by atoms with van der Waals surface area (Å²) in [4.78, 5) is 4.56. The molecule has 0 saturated carbocycles. The molecule has 0 fully saturated rings. The Morgan fingerprint density at radius 3 is 2.62 bits per heavy atom. The second-order valence-electron chi connectivity index (χ2n) is 4.82. The van der Waals surface area contributed by atoms with E-state index in [9.17, 15) is 4.39 Å². The molecule has 0 spiro atoms. The smallest absolute Gasteiger partial charge is 0.124 e. The Hall–Kier alpha value is -1.39. The summed E-state index contributed by atoms with van der Waals surface area (Å²) in [5.41, 5.74) is 3.09. The Morgan fingerprint density at radius 1 is 1.14 bits per heavy atom. The number of nitrogens with zero attached hydrogens (tertiary/aromatic N) is 2. The first-order chi connectivity index (χ1) is 10.2. The van der Waals surface area contributed by atoms with Gasteiger partial charge in [0, 0.05) is 11.0 Å². The summed E-state index contributed by atoms with van der Waals surface area (Å²) in [6.45, 7) is 0.770. The topological polar surface area (TPSA) is 17.8 Å². The molecule has 2 nitrogen and oxygen atoms in total. The normalized spacial score (nSPS) is 11.2. The zero-order valence-corrected chi connectivity index (χ0v) is 13.5. The molecule has 0 N–H and O–H groups in total. The Balaban J connectivity index is 1.90. The predicted octanol–water partition coefficient (Wildman–Crippen LogP) is 4.92. The maximum Gasteiger partial charge on any atom is 0.124 e. The van der Waals surface area contributed by atoms with Gasteiger partial charge in [0.1, 0.15) is 11.6 Å². The van der Waals surface area contributed by atoms with Gasteiger partial charge in [-0.2, -0.15) is 0 Å². The summed E-state index contributed by atoms with van der Waals surface area (Å²) in [5, 5.41) is 0. The summed E-state index contributed by atoms with van der Waals surface area (Å²) in [6, 6.07) is 12.6. The Bertz CT molecular complexity index is 768. The van der Waals surface area contributed by atoms with Gasteiger partial charge in [-0.1, -0.05) is 28.1 Å². The second-order valence-corrected chi connectivity index (χ2v) is 6.01. The maximum atomic E-state index is 12.9. The van der Waals surface area contributed by atoms with Gasteiger partial charge in [-0.3, -0.25) is 0 Å². The number of benzene rings is 2. The molecule has 21 heavy (non-hydrogen) atoms. The van der Waals surface area contributed by atoms with Crippen LogP contribution in [0.25, 0.3) is 11.0 Å². The van der Waals surface area contributed by atoms with Crippen molar-refractivity contribution in [2.24, 2.45) is 0 Å². The minimum Gasteiger partial charge on any atom is -0.327 e. The van der Waals surface area contributed by atoms with E-state index in [-0.39, 0.29) is 5.82 Å². The standard InChI is InChI=1S/C16H13BrClFN2/c17-12-3-6-15-14(9-12)20-16(10-18)21(15)8-7-11-1-4-13(19)5-2-11/h1-6,9H,7-8,10H2. The fraction of sp³-hybridized carbons (Fsp3) is 0.188. The molecule has 0 radical (unpaired) electrons. The SMILES string of the molecule is Fc1ccc(CCn2c(CCl)nc3cc(Br)ccc32)cc1. The average molecular weight is 368 g/mol. The third kappa shape index (κ3) is 3.11. The largest absolute Gasteiger partial charge is 0.327 e. The molecule has 0 unspecified atom stereocenters. The summed E-state index contributed by atoms with van der Waals surface area (Å²) >= 11 is 9.45. The lowest BCUT2D eigenvalue weighted by atomic mass is 10.1. The van der Waals surface area contributed by atoms with E-state index in [1.54, 1.807) is 0 Å². The number of halogens is 3. The molecule has 0 saturated heterocycles. The van der Waals surface area contributed by atoms with E-state index in [0.29, 0.717) is 5.88 Å². The number of hydrogen-bond acceptors (Lipinski definition) is 1. The number of rotatable bonds is 4. The van der Waals surface area contributed by atoms with Gasteiger partial charge in [0.05, 0.1) is 16.9 Å². The molecule has 5 heteroatoms. The van der Waals surface area contributed by atoms with Crippen LogP contribution in [0.5, 0.6) is 0 Å². The quantitative estimate of drug-likeness (QED) is 0.599. The van der Waals surface area contributed by atoms with Gasteiger partial charge in [0.2, 0.25) is 0 Å². The molecule has 3 rings (SSSR count). The van der Waals surface area contributed by atoms with Gasteiger partial charge in [0.15, 0.2) is 0 Å². The van der Waals surface area contributed by atoms with Crippen molar-refractivity contribution in [3.8, 4) is 0 Å². The highest BCUT2D eigenvalue weighted by atomic mass is 79.9. The average Bonchev–Trinajstić information content (AvgIpc) is 2.83. The van der Waals surface area contributed by atoms with Crippen LogP contribution in [0, 0.1) is 5.82 Å². The number of hydrogen-bond donors (Lipinski definition) is 0. The lowest BCUT2D eigenvalue weighted by molar-refractivity contribution is 0.625. The fourth-order valence-corrected chi connectivity index (χ4v) is 2.95. The molecule has 0 atom stereocenters. The summed E-state index contributed by atoms with van der Waals surface area (Å²) in [6.07, 6.45) is 0.811. The van der Waals surface area contributed by atoms with Crippen LogP contribution in [0.2, 0.25) is 0 Å². The van der Waals surface area contributed by atoms with Gasteiger partial charge in [-0.15, -0.1) is 11.6 Å². The van der Waals surface area contributed by atoms with E-state index in [1.165, 1.54) is 12.1 Å². The predicted molar refractivity (Wildman–Crippen MR) is 87.1 cm³/mol. The van der Waals surface area contributed by atoms with Crippen molar-refractivity contribution in [1.82, 2.24) is 9.55 Å². The molecule has 1 heterocycles. The minimum atomic E-state index is -0.210. The van der Waals surface area contributed by atoms with Gasteiger partial charge < -0.3 is 4.57 Å². The van der Waals surface area contributed by atoms with Crippen LogP contribution < -0.4 is 0 Å². The van der Waals surface area contributed by atoms with Crippen LogP contribution >= 0.6 is 27.5 Å². The van der Waals surface area contributed by atoms with Crippen LogP contribution in [-0.2, 0) is 18.8 Å². The zero-order chi connectivity index (χ0) is 14.8. The Labute approximate surface area is 135 Å². The van der Waals surface area contributed by atoms with E-state index < -0.39 is 0 Å². The van der Waals surface area contributed by atoms with Crippen molar-refractivity contribution in [3.05, 3.63) is 64.1 Å². The molecule has 0 amide bonds. The van der Waals surface area contributed by atoms with E-state index in [1.807, 2.05) is 30.3 Å². The van der Waals surface area contributed by atoms with E-state index >= 15 is 0 Å². The molecular formula is C16H13BrClFN2.